The van der Waals surface area contributed by atoms with Gasteiger partial charge in [0.15, 0.2) is 6.17 Å². The Kier molecular flexibility index (Phi) is 19.4. The Balaban J connectivity index is 1.75. The highest BCUT2D eigenvalue weighted by atomic mass is 16.6. The lowest BCUT2D eigenvalue weighted by Crippen LogP contribution is -2.61. The maximum atomic E-state index is 13.9. The summed E-state index contributed by atoms with van der Waals surface area (Å²) in [6.45, 7) is 8.02. The predicted molar refractivity (Wildman–Crippen MR) is 213 cm³/mol. The molecule has 5 amide bonds. The van der Waals surface area contributed by atoms with Gasteiger partial charge in [0.2, 0.25) is 11.8 Å². The molecule has 8 N–H and O–H groups in total. The van der Waals surface area contributed by atoms with Gasteiger partial charge in [-0.15, -0.1) is 0 Å². The molecule has 1 aliphatic heterocycles. The molecular weight excluding hydrogens is 736 g/mol. The minimum absolute atomic E-state index is 0.0157. The van der Waals surface area contributed by atoms with Crippen LogP contribution in [-0.4, -0.2) is 104 Å². The van der Waals surface area contributed by atoms with Crippen molar-refractivity contribution in [2.24, 2.45) is 5.73 Å². The zero-order valence-electron chi connectivity index (χ0n) is 33.5. The number of carboxylic acids is 1. The van der Waals surface area contributed by atoms with Crippen molar-refractivity contribution in [1.29, 1.82) is 0 Å². The van der Waals surface area contributed by atoms with Crippen LogP contribution in [0.4, 0.5) is 4.79 Å². The van der Waals surface area contributed by atoms with Crippen LogP contribution < -0.4 is 32.3 Å². The number of benzene rings is 2. The number of aryl methyl sites for hydroxylation is 1. The van der Waals surface area contributed by atoms with E-state index in [1.807, 2.05) is 24.3 Å². The maximum Gasteiger partial charge on any atom is 0.407 e. The lowest BCUT2D eigenvalue weighted by Gasteiger charge is -2.25. The summed E-state index contributed by atoms with van der Waals surface area (Å²) < 4.78 is 16.5. The molecule has 0 spiro atoms. The van der Waals surface area contributed by atoms with Crippen LogP contribution in [0.25, 0.3) is 11.1 Å². The molecule has 57 heavy (non-hydrogen) atoms. The van der Waals surface area contributed by atoms with Gasteiger partial charge in [0, 0.05) is 38.3 Å². The van der Waals surface area contributed by atoms with Crippen LogP contribution in [0.1, 0.15) is 95.0 Å². The average molecular weight is 797 g/mol. The van der Waals surface area contributed by atoms with Gasteiger partial charge in [0.1, 0.15) is 23.7 Å². The summed E-state index contributed by atoms with van der Waals surface area (Å²) in [5.41, 5.74) is 8.75. The van der Waals surface area contributed by atoms with Gasteiger partial charge in [-0.25, -0.2) is 9.59 Å². The number of hydrogen-bond donors (Lipinski definition) is 7. The van der Waals surface area contributed by atoms with Crippen molar-refractivity contribution in [3.05, 3.63) is 59.7 Å². The minimum atomic E-state index is -1.65. The third-order valence-electron chi connectivity index (χ3n) is 8.95. The summed E-state index contributed by atoms with van der Waals surface area (Å²) in [5.74, 6) is -4.31. The first kappa shape index (κ1) is 46.3. The first-order chi connectivity index (χ1) is 27.2. The Hall–Kier alpha value is -5.06. The molecule has 1 saturated heterocycles. The van der Waals surface area contributed by atoms with Crippen molar-refractivity contribution < 1.29 is 48.1 Å². The van der Waals surface area contributed by atoms with Crippen molar-refractivity contribution >= 4 is 35.7 Å². The highest BCUT2D eigenvalue weighted by Gasteiger charge is 2.30. The van der Waals surface area contributed by atoms with E-state index in [1.165, 1.54) is 5.56 Å². The van der Waals surface area contributed by atoms with Gasteiger partial charge in [-0.05, 0) is 94.5 Å². The summed E-state index contributed by atoms with van der Waals surface area (Å²) in [6.07, 6.45) is 3.13. The molecule has 4 unspecified atom stereocenters. The molecule has 2 aromatic carbocycles. The van der Waals surface area contributed by atoms with Gasteiger partial charge in [-0.3, -0.25) is 19.2 Å². The lowest BCUT2D eigenvalue weighted by molar-refractivity contribution is -0.143. The molecule has 1 aliphatic rings. The molecule has 1 fully saturated rings. The van der Waals surface area contributed by atoms with E-state index in [0.717, 1.165) is 30.4 Å². The first-order valence-corrected chi connectivity index (χ1v) is 19.7. The maximum absolute atomic E-state index is 13.9. The molecule has 0 bridgehead atoms. The van der Waals surface area contributed by atoms with Crippen LogP contribution >= 0.6 is 0 Å². The number of hydrogen-bond acceptors (Lipinski definition) is 10. The summed E-state index contributed by atoms with van der Waals surface area (Å²) in [7, 11) is 0. The number of ether oxygens (including phenoxy) is 3. The molecule has 16 heteroatoms. The van der Waals surface area contributed by atoms with Gasteiger partial charge in [0.05, 0.1) is 6.61 Å². The van der Waals surface area contributed by atoms with E-state index in [2.05, 4.69) is 45.6 Å². The fourth-order valence-corrected chi connectivity index (χ4v) is 5.75. The van der Waals surface area contributed by atoms with E-state index in [4.69, 9.17) is 19.9 Å². The van der Waals surface area contributed by atoms with Gasteiger partial charge in [0.25, 0.3) is 11.8 Å². The first-order valence-electron chi connectivity index (χ1n) is 19.7. The van der Waals surface area contributed by atoms with Crippen LogP contribution in [-0.2, 0) is 39.8 Å². The number of nitrogens with one attached hydrogen (secondary N) is 5. The van der Waals surface area contributed by atoms with Gasteiger partial charge >= 0.3 is 12.1 Å². The Labute approximate surface area is 334 Å². The second-order valence-electron chi connectivity index (χ2n) is 15.0. The normalized spacial score (nSPS) is 19.3. The number of unbranched alkanes of at least 4 members (excludes halogenated alkanes) is 2. The largest absolute Gasteiger partial charge is 0.480 e. The number of carbonyl (C=O) groups is 6. The number of carbonyl (C=O) groups excluding carboxylic acids is 5. The third-order valence-corrected chi connectivity index (χ3v) is 8.95. The molecule has 0 radical (unpaired) electrons. The topological polar surface area (TPSA) is 237 Å². The Bertz CT molecular complexity index is 1610. The number of amides is 5. The molecule has 0 aliphatic carbocycles. The quantitative estimate of drug-likeness (QED) is 0.137. The summed E-state index contributed by atoms with van der Waals surface area (Å²) >= 11 is 0. The second-order valence-corrected chi connectivity index (χ2v) is 15.0. The summed E-state index contributed by atoms with van der Waals surface area (Å²) in [6, 6.07) is 11.6. The molecule has 314 valence electrons. The zero-order chi connectivity index (χ0) is 41.8. The van der Waals surface area contributed by atoms with E-state index in [-0.39, 0.29) is 39.2 Å². The Morgan fingerprint density at radius 1 is 0.895 bits per heavy atom. The molecular formula is C41H60N6O10. The number of rotatable bonds is 14. The van der Waals surface area contributed by atoms with Crippen molar-refractivity contribution in [3.63, 3.8) is 0 Å². The number of alkyl carbamates (subject to hydrolysis) is 1. The fraction of sp³-hybridized carbons (Fsp3) is 0.561. The minimum Gasteiger partial charge on any atom is -0.480 e. The zero-order valence-corrected chi connectivity index (χ0v) is 33.5. The Morgan fingerprint density at radius 3 is 2.18 bits per heavy atom. The van der Waals surface area contributed by atoms with Gasteiger partial charge in [-0.2, -0.15) is 0 Å². The lowest BCUT2D eigenvalue weighted by atomic mass is 10.0. The van der Waals surface area contributed by atoms with E-state index in [0.29, 0.717) is 37.9 Å². The highest BCUT2D eigenvalue weighted by Crippen LogP contribution is 2.21. The second kappa shape index (κ2) is 23.9. The van der Waals surface area contributed by atoms with Crippen molar-refractivity contribution in [2.75, 3.05) is 33.0 Å². The average Bonchev–Trinajstić information content (AvgIpc) is 3.16. The molecule has 1 heterocycles. The molecule has 16 nitrogen and oxygen atoms in total. The van der Waals surface area contributed by atoms with Crippen LogP contribution in [0, 0.1) is 0 Å². The molecule has 4 atom stereocenters. The smallest absolute Gasteiger partial charge is 0.407 e. The van der Waals surface area contributed by atoms with Crippen molar-refractivity contribution in [3.8, 4) is 11.1 Å². The summed E-state index contributed by atoms with van der Waals surface area (Å²) in [5, 5.41) is 22.2. The van der Waals surface area contributed by atoms with Crippen LogP contribution in [0.2, 0.25) is 0 Å². The van der Waals surface area contributed by atoms with Crippen molar-refractivity contribution in [1.82, 2.24) is 26.6 Å². The standard InChI is InChI=1S/C41H60N6O10/c1-5-6-11-27-13-15-28(16-14-27)29-17-19-30(20-18-29)35(48)44-31(12-7-8-22-43-40(54)57-41(2,3)4)36(49)46-33-26-56-24-10-9-23-55-25-21-32(39(52)53)45-38(51)34(42)47-37(33)50/h13-20,31-34H,5-12,21-26,42H2,1-4H3,(H,43,54)(H,44,48)(H,45,51)(H,46,49)(H,47,50)(H,52,53). The van der Waals surface area contributed by atoms with Crippen LogP contribution in [0.5, 0.6) is 0 Å². The highest BCUT2D eigenvalue weighted by molar-refractivity contribution is 5.99. The Morgan fingerprint density at radius 2 is 1.54 bits per heavy atom. The fourth-order valence-electron chi connectivity index (χ4n) is 5.75. The van der Waals surface area contributed by atoms with Crippen LogP contribution in [0.3, 0.4) is 0 Å². The van der Waals surface area contributed by atoms with E-state index < -0.39 is 65.6 Å². The van der Waals surface area contributed by atoms with E-state index in [1.54, 1.807) is 32.9 Å². The predicted octanol–water partition coefficient (Wildman–Crippen LogP) is 3.16. The number of nitrogens with two attached hydrogens (primary N) is 1. The van der Waals surface area contributed by atoms with Crippen molar-refractivity contribution in [2.45, 2.75) is 115 Å². The SMILES string of the molecule is CCCCc1ccc(-c2ccc(C(=O)NC(CCCCNC(=O)OC(C)(C)C)C(=O)NC3COCCCCOCCC(C(=O)O)NC(=O)C(N)NC3=O)cc2)cc1. The van der Waals surface area contributed by atoms with Crippen LogP contribution in [0.15, 0.2) is 48.5 Å². The molecule has 0 aromatic heterocycles. The van der Waals surface area contributed by atoms with Gasteiger partial charge < -0.3 is 51.6 Å². The van der Waals surface area contributed by atoms with Gasteiger partial charge in [-0.1, -0.05) is 49.7 Å². The summed E-state index contributed by atoms with van der Waals surface area (Å²) in [4.78, 5) is 77.4. The number of aliphatic carboxylic acids is 1. The number of carboxylic acid groups (broad SMARTS) is 1. The molecule has 2 aromatic rings. The molecule has 0 saturated carbocycles. The van der Waals surface area contributed by atoms with E-state index >= 15 is 0 Å². The van der Waals surface area contributed by atoms with E-state index in [9.17, 15) is 33.9 Å². The molecule has 3 rings (SSSR count). The third kappa shape index (κ3) is 17.3. The monoisotopic (exact) mass is 796 g/mol.